The molecule has 0 fully saturated rings. The average molecular weight is 276 g/mol. The van der Waals surface area contributed by atoms with Gasteiger partial charge in [-0.2, -0.15) is 5.10 Å². The summed E-state index contributed by atoms with van der Waals surface area (Å²) in [6.45, 7) is -0.237. The molecular weight excluding hydrogens is 266 g/mol. The summed E-state index contributed by atoms with van der Waals surface area (Å²) in [5.41, 5.74) is 1.56. The van der Waals surface area contributed by atoms with Crippen LogP contribution in [0.4, 0.5) is 5.69 Å². The first-order valence-electron chi connectivity index (χ1n) is 5.40. The van der Waals surface area contributed by atoms with Crippen LogP contribution in [0.1, 0.15) is 15.9 Å². The summed E-state index contributed by atoms with van der Waals surface area (Å²) >= 11 is 6.01. The maximum Gasteiger partial charge on any atom is 0.255 e. The number of rotatable bonds is 2. The number of hydrogen-bond donors (Lipinski definition) is 3. The van der Waals surface area contributed by atoms with E-state index in [0.717, 1.165) is 0 Å². The van der Waals surface area contributed by atoms with E-state index in [1.807, 2.05) is 0 Å². The van der Waals surface area contributed by atoms with Crippen molar-refractivity contribution in [1.29, 1.82) is 0 Å². The Balaban J connectivity index is 2.17. The van der Waals surface area contributed by atoms with Crippen LogP contribution in [0.2, 0.25) is 5.02 Å². The van der Waals surface area contributed by atoms with E-state index >= 15 is 0 Å². The number of nitrogens with zero attached hydrogens (tertiary/aromatic N) is 1. The van der Waals surface area contributed by atoms with Gasteiger partial charge in [0.15, 0.2) is 0 Å². The highest BCUT2D eigenvalue weighted by Gasteiger charge is 2.08. The van der Waals surface area contributed by atoms with Gasteiger partial charge in [0.2, 0.25) is 0 Å². The number of carbonyl (C=O) groups excluding carboxylic acids is 1. The minimum atomic E-state index is -0.287. The van der Waals surface area contributed by atoms with Gasteiger partial charge in [-0.05, 0) is 18.2 Å². The largest absolute Gasteiger partial charge is 0.384 e. The zero-order chi connectivity index (χ0) is 13.7. The molecule has 1 aromatic heterocycles. The van der Waals surface area contributed by atoms with Crippen molar-refractivity contribution in [2.75, 3.05) is 11.9 Å². The van der Waals surface area contributed by atoms with Gasteiger partial charge >= 0.3 is 0 Å². The Kier molecular flexibility index (Phi) is 4.18. The number of benzene rings is 1. The molecule has 0 saturated heterocycles. The van der Waals surface area contributed by atoms with Gasteiger partial charge in [-0.25, -0.2) is 0 Å². The first-order chi connectivity index (χ1) is 9.20. The van der Waals surface area contributed by atoms with E-state index < -0.39 is 0 Å². The van der Waals surface area contributed by atoms with Crippen LogP contribution in [0.5, 0.6) is 0 Å². The van der Waals surface area contributed by atoms with E-state index in [2.05, 4.69) is 27.4 Å². The molecule has 0 aliphatic rings. The highest BCUT2D eigenvalue weighted by Crippen LogP contribution is 2.18. The van der Waals surface area contributed by atoms with Gasteiger partial charge in [0, 0.05) is 17.3 Å². The second-order valence-electron chi connectivity index (χ2n) is 3.60. The molecule has 0 aliphatic heterocycles. The van der Waals surface area contributed by atoms with Crippen LogP contribution in [0, 0.1) is 11.8 Å². The Hall–Kier alpha value is -2.29. The predicted octanol–water partition coefficient (Wildman–Crippen LogP) is 1.66. The van der Waals surface area contributed by atoms with Crippen LogP contribution in [-0.4, -0.2) is 27.8 Å². The summed E-state index contributed by atoms with van der Waals surface area (Å²) in [7, 11) is 0. The third-order valence-electron chi connectivity index (χ3n) is 2.29. The van der Waals surface area contributed by atoms with Crippen molar-refractivity contribution in [2.24, 2.45) is 0 Å². The summed E-state index contributed by atoms with van der Waals surface area (Å²) in [5.74, 6) is 4.91. The smallest absolute Gasteiger partial charge is 0.255 e. The van der Waals surface area contributed by atoms with Crippen LogP contribution in [-0.2, 0) is 0 Å². The van der Waals surface area contributed by atoms with Crippen LogP contribution >= 0.6 is 11.6 Å². The number of aromatic amines is 1. The number of H-pyrrole nitrogens is 1. The fraction of sp³-hybridized carbons (Fsp3) is 0.0769. The molecule has 0 unspecified atom stereocenters. The highest BCUT2D eigenvalue weighted by molar-refractivity contribution is 6.32. The second kappa shape index (κ2) is 6.05. The monoisotopic (exact) mass is 275 g/mol. The van der Waals surface area contributed by atoms with E-state index in [9.17, 15) is 4.79 Å². The number of aliphatic hydroxyl groups is 1. The average Bonchev–Trinajstić information content (AvgIpc) is 2.90. The molecule has 1 aromatic carbocycles. The van der Waals surface area contributed by atoms with Gasteiger partial charge in [0.05, 0.1) is 16.9 Å². The standard InChI is InChI=1S/C13H10ClN3O2/c14-12-6-10(4-3-9(12)2-1-5-18)13(19)17-11-7-15-16-8-11/h3-4,6-8,18H,5H2,(H,15,16)(H,17,19). The van der Waals surface area contributed by atoms with E-state index in [1.54, 1.807) is 18.3 Å². The summed E-state index contributed by atoms with van der Waals surface area (Å²) in [4.78, 5) is 11.9. The van der Waals surface area contributed by atoms with Gasteiger partial charge < -0.3 is 10.4 Å². The number of amides is 1. The topological polar surface area (TPSA) is 78.0 Å². The summed E-state index contributed by atoms with van der Waals surface area (Å²) < 4.78 is 0. The molecule has 0 saturated carbocycles. The lowest BCUT2D eigenvalue weighted by atomic mass is 10.1. The summed E-state index contributed by atoms with van der Waals surface area (Å²) in [5, 5.41) is 18.0. The Morgan fingerprint density at radius 3 is 3.00 bits per heavy atom. The molecule has 0 aliphatic carbocycles. The van der Waals surface area contributed by atoms with Gasteiger partial charge in [-0.3, -0.25) is 9.89 Å². The summed E-state index contributed by atoms with van der Waals surface area (Å²) in [6.07, 6.45) is 3.07. The molecule has 2 rings (SSSR count). The molecule has 5 nitrogen and oxygen atoms in total. The fourth-order valence-corrected chi connectivity index (χ4v) is 1.64. The van der Waals surface area contributed by atoms with Crippen molar-refractivity contribution in [3.63, 3.8) is 0 Å². The Morgan fingerprint density at radius 1 is 1.53 bits per heavy atom. The van der Waals surface area contributed by atoms with Crippen molar-refractivity contribution in [3.05, 3.63) is 46.7 Å². The molecule has 96 valence electrons. The van der Waals surface area contributed by atoms with E-state index in [1.165, 1.54) is 12.3 Å². The number of anilines is 1. The Labute approximate surface area is 114 Å². The third kappa shape index (κ3) is 3.35. The van der Waals surface area contributed by atoms with Gasteiger partial charge in [-0.15, -0.1) is 0 Å². The van der Waals surface area contributed by atoms with Gasteiger partial charge in [0.25, 0.3) is 5.91 Å². The van der Waals surface area contributed by atoms with E-state index in [0.29, 0.717) is 21.8 Å². The van der Waals surface area contributed by atoms with E-state index in [4.69, 9.17) is 16.7 Å². The molecule has 1 heterocycles. The van der Waals surface area contributed by atoms with Crippen molar-refractivity contribution in [3.8, 4) is 11.8 Å². The lowest BCUT2D eigenvalue weighted by molar-refractivity contribution is 0.102. The van der Waals surface area contributed by atoms with Crippen molar-refractivity contribution in [2.45, 2.75) is 0 Å². The van der Waals surface area contributed by atoms with E-state index in [-0.39, 0.29) is 12.5 Å². The first-order valence-corrected chi connectivity index (χ1v) is 5.78. The van der Waals surface area contributed by atoms with Gasteiger partial charge in [0.1, 0.15) is 6.61 Å². The van der Waals surface area contributed by atoms with Crippen LogP contribution in [0.25, 0.3) is 0 Å². The molecule has 0 radical (unpaired) electrons. The highest BCUT2D eigenvalue weighted by atomic mass is 35.5. The Morgan fingerprint density at radius 2 is 2.37 bits per heavy atom. The Bertz CT molecular complexity index is 642. The zero-order valence-electron chi connectivity index (χ0n) is 9.77. The van der Waals surface area contributed by atoms with Gasteiger partial charge in [-0.1, -0.05) is 23.4 Å². The predicted molar refractivity (Wildman–Crippen MR) is 72.0 cm³/mol. The SMILES string of the molecule is O=C(Nc1cn[nH]c1)c1ccc(C#CCO)c(Cl)c1. The molecule has 19 heavy (non-hydrogen) atoms. The van der Waals surface area contributed by atoms with Crippen LogP contribution in [0.15, 0.2) is 30.6 Å². The quantitative estimate of drug-likeness (QED) is 0.730. The number of halogens is 1. The fourth-order valence-electron chi connectivity index (χ4n) is 1.41. The number of aliphatic hydroxyl groups excluding tert-OH is 1. The maximum absolute atomic E-state index is 11.9. The molecule has 6 heteroatoms. The number of aromatic nitrogens is 2. The molecular formula is C13H10ClN3O2. The zero-order valence-corrected chi connectivity index (χ0v) is 10.5. The molecule has 0 bridgehead atoms. The maximum atomic E-state index is 11.9. The number of hydrogen-bond acceptors (Lipinski definition) is 3. The molecule has 1 amide bonds. The van der Waals surface area contributed by atoms with Crippen molar-refractivity contribution >= 4 is 23.2 Å². The molecule has 0 spiro atoms. The molecule has 0 atom stereocenters. The summed E-state index contributed by atoms with van der Waals surface area (Å²) in [6, 6.07) is 4.77. The minimum Gasteiger partial charge on any atom is -0.384 e. The van der Waals surface area contributed by atoms with Crippen molar-refractivity contribution in [1.82, 2.24) is 10.2 Å². The first kappa shape index (κ1) is 13.1. The third-order valence-corrected chi connectivity index (χ3v) is 2.60. The normalized spacial score (nSPS) is 9.58. The minimum absolute atomic E-state index is 0.237. The lowest BCUT2D eigenvalue weighted by Gasteiger charge is -2.03. The van der Waals surface area contributed by atoms with Crippen LogP contribution in [0.3, 0.4) is 0 Å². The lowest BCUT2D eigenvalue weighted by Crippen LogP contribution is -2.11. The number of carbonyl (C=O) groups is 1. The second-order valence-corrected chi connectivity index (χ2v) is 4.00. The molecule has 2 aromatic rings. The number of nitrogens with one attached hydrogen (secondary N) is 2. The molecule has 3 N–H and O–H groups in total. The van der Waals surface area contributed by atoms with Crippen molar-refractivity contribution < 1.29 is 9.90 Å². The van der Waals surface area contributed by atoms with Crippen LogP contribution < -0.4 is 5.32 Å².